The van der Waals surface area contributed by atoms with Gasteiger partial charge in [0.2, 0.25) is 5.69 Å². The normalized spacial score (nSPS) is 11.4. The molecule has 2 N–H and O–H groups in total. The number of rotatable bonds is 4. The van der Waals surface area contributed by atoms with Crippen LogP contribution in [0.25, 0.3) is 0 Å². The second kappa shape index (κ2) is 5.02. The maximum atomic E-state index is 11.3. The fraction of sp³-hybridized carbons (Fsp3) is 0.100. The van der Waals surface area contributed by atoms with Crippen LogP contribution in [0.3, 0.4) is 0 Å². The van der Waals surface area contributed by atoms with E-state index in [1.165, 1.54) is 12.1 Å². The predicted molar refractivity (Wildman–Crippen MR) is 67.0 cm³/mol. The molecule has 1 heterocycles. The van der Waals surface area contributed by atoms with E-state index in [1.807, 2.05) is 0 Å². The molecule has 0 atom stereocenters. The molecule has 1 aromatic heterocycles. The van der Waals surface area contributed by atoms with E-state index in [0.717, 1.165) is 18.0 Å². The van der Waals surface area contributed by atoms with Gasteiger partial charge in [-0.3, -0.25) is 5.10 Å². The Morgan fingerprint density at radius 1 is 1.32 bits per heavy atom. The van der Waals surface area contributed by atoms with Crippen LogP contribution < -0.4 is 0 Å². The maximum Gasteiger partial charge on any atom is 0.359 e. The number of hydrogen-bond acceptors (Lipinski definition) is 6. The minimum Gasteiger partial charge on any atom is -0.476 e. The Hall–Kier alpha value is -1.87. The van der Waals surface area contributed by atoms with Crippen LogP contribution in [0, 0.1) is 0 Å². The SMILES string of the molecule is CS(=O)(=O)c1ccc(Sc2[nH]nnc2C(=O)O)cc1. The van der Waals surface area contributed by atoms with Gasteiger partial charge in [0.05, 0.1) is 4.90 Å². The molecule has 0 radical (unpaired) electrons. The number of H-pyrrole nitrogens is 1. The topological polar surface area (TPSA) is 113 Å². The van der Waals surface area contributed by atoms with Crippen molar-refractivity contribution in [1.29, 1.82) is 0 Å². The van der Waals surface area contributed by atoms with E-state index >= 15 is 0 Å². The standard InChI is InChI=1S/C10H9N3O4S2/c1-19(16,17)7-4-2-6(3-5-7)18-9-8(10(14)15)11-13-12-9/h2-5H,1H3,(H,14,15)(H,11,12,13). The smallest absolute Gasteiger partial charge is 0.359 e. The van der Waals surface area contributed by atoms with E-state index in [2.05, 4.69) is 15.4 Å². The van der Waals surface area contributed by atoms with Crippen molar-refractivity contribution < 1.29 is 18.3 Å². The zero-order chi connectivity index (χ0) is 14.0. The molecule has 2 rings (SSSR count). The Kier molecular flexibility index (Phi) is 3.58. The van der Waals surface area contributed by atoms with Gasteiger partial charge in [0, 0.05) is 11.2 Å². The highest BCUT2D eigenvalue weighted by Gasteiger charge is 2.16. The van der Waals surface area contributed by atoms with Crippen molar-refractivity contribution in [2.24, 2.45) is 0 Å². The zero-order valence-corrected chi connectivity index (χ0v) is 11.3. The van der Waals surface area contributed by atoms with Gasteiger partial charge < -0.3 is 5.11 Å². The van der Waals surface area contributed by atoms with Crippen molar-refractivity contribution in [3.05, 3.63) is 30.0 Å². The number of nitrogens with one attached hydrogen (secondary N) is 1. The van der Waals surface area contributed by atoms with Crippen molar-refractivity contribution in [3.63, 3.8) is 0 Å². The second-order valence-corrected chi connectivity index (χ2v) is 6.74. The number of nitrogens with zero attached hydrogens (tertiary/aromatic N) is 2. The molecule has 0 aliphatic carbocycles. The van der Waals surface area contributed by atoms with Crippen LogP contribution in [0.15, 0.2) is 39.1 Å². The first-order valence-electron chi connectivity index (χ1n) is 5.00. The molecule has 0 amide bonds. The minimum atomic E-state index is -3.24. The molecule has 0 bridgehead atoms. The first kappa shape index (κ1) is 13.6. The summed E-state index contributed by atoms with van der Waals surface area (Å²) in [7, 11) is -3.24. The number of aromatic amines is 1. The number of hydrogen-bond donors (Lipinski definition) is 2. The summed E-state index contributed by atoms with van der Waals surface area (Å²) in [5.41, 5.74) is -0.169. The van der Waals surface area contributed by atoms with E-state index in [-0.39, 0.29) is 10.6 Å². The zero-order valence-electron chi connectivity index (χ0n) is 9.69. The van der Waals surface area contributed by atoms with Crippen LogP contribution in [0.2, 0.25) is 0 Å². The third-order valence-electron chi connectivity index (χ3n) is 2.19. The molecule has 0 aliphatic heterocycles. The summed E-state index contributed by atoms with van der Waals surface area (Å²) in [5, 5.41) is 18.5. The van der Waals surface area contributed by atoms with Crippen LogP contribution in [-0.2, 0) is 9.84 Å². The van der Waals surface area contributed by atoms with Gasteiger partial charge in [0.15, 0.2) is 9.84 Å². The second-order valence-electron chi connectivity index (χ2n) is 3.64. The van der Waals surface area contributed by atoms with Crippen molar-refractivity contribution >= 4 is 27.6 Å². The lowest BCUT2D eigenvalue weighted by molar-refractivity contribution is 0.0686. The van der Waals surface area contributed by atoms with Gasteiger partial charge in [-0.2, -0.15) is 0 Å². The van der Waals surface area contributed by atoms with Gasteiger partial charge in [-0.15, -0.1) is 5.10 Å². The van der Waals surface area contributed by atoms with Crippen molar-refractivity contribution in [3.8, 4) is 0 Å². The summed E-state index contributed by atoms with van der Waals surface area (Å²) >= 11 is 1.11. The molecule has 0 saturated heterocycles. The Bertz CT molecular complexity index is 707. The molecule has 7 nitrogen and oxygen atoms in total. The van der Waals surface area contributed by atoms with E-state index in [9.17, 15) is 13.2 Å². The minimum absolute atomic E-state index is 0.169. The monoisotopic (exact) mass is 299 g/mol. The van der Waals surface area contributed by atoms with Crippen molar-refractivity contribution in [2.45, 2.75) is 14.8 Å². The molecule has 0 unspecified atom stereocenters. The van der Waals surface area contributed by atoms with Gasteiger partial charge in [0.1, 0.15) is 5.03 Å². The summed E-state index contributed by atoms with van der Waals surface area (Å²) < 4.78 is 22.6. The molecule has 2 aromatic rings. The lowest BCUT2D eigenvalue weighted by Gasteiger charge is -2.01. The van der Waals surface area contributed by atoms with Crippen LogP contribution in [-0.4, -0.2) is 41.2 Å². The highest BCUT2D eigenvalue weighted by atomic mass is 32.2. The first-order valence-corrected chi connectivity index (χ1v) is 7.71. The molecule has 9 heteroatoms. The van der Waals surface area contributed by atoms with E-state index in [0.29, 0.717) is 9.92 Å². The molecule has 0 spiro atoms. The van der Waals surface area contributed by atoms with Crippen molar-refractivity contribution in [2.75, 3.05) is 6.26 Å². The van der Waals surface area contributed by atoms with Crippen molar-refractivity contribution in [1.82, 2.24) is 15.4 Å². The summed E-state index contributed by atoms with van der Waals surface area (Å²) in [6.45, 7) is 0. The van der Waals surface area contributed by atoms with Crippen LogP contribution in [0.5, 0.6) is 0 Å². The third kappa shape index (κ3) is 3.12. The first-order chi connectivity index (χ1) is 8.88. The summed E-state index contributed by atoms with van der Waals surface area (Å²) in [6, 6.07) is 6.10. The maximum absolute atomic E-state index is 11.3. The Morgan fingerprint density at radius 3 is 2.47 bits per heavy atom. The Balaban J connectivity index is 2.25. The molecule has 0 fully saturated rings. The lowest BCUT2D eigenvalue weighted by Crippen LogP contribution is -1.98. The third-order valence-corrected chi connectivity index (χ3v) is 4.32. The molecule has 19 heavy (non-hydrogen) atoms. The summed E-state index contributed by atoms with van der Waals surface area (Å²) in [4.78, 5) is 11.7. The molecule has 100 valence electrons. The molecule has 0 aliphatic rings. The average Bonchev–Trinajstić information content (AvgIpc) is 2.77. The number of carboxylic acids is 1. The van der Waals surface area contributed by atoms with E-state index in [1.54, 1.807) is 12.1 Å². The van der Waals surface area contributed by atoms with Gasteiger partial charge in [-0.05, 0) is 24.3 Å². The van der Waals surface area contributed by atoms with Gasteiger partial charge >= 0.3 is 5.97 Å². The van der Waals surface area contributed by atoms with Crippen LogP contribution >= 0.6 is 11.8 Å². The highest BCUT2D eigenvalue weighted by Crippen LogP contribution is 2.28. The van der Waals surface area contributed by atoms with E-state index < -0.39 is 15.8 Å². The predicted octanol–water partition coefficient (Wildman–Crippen LogP) is 1.06. The number of carboxylic acid groups (broad SMARTS) is 1. The van der Waals surface area contributed by atoms with Gasteiger partial charge in [-0.25, -0.2) is 13.2 Å². The molecular weight excluding hydrogens is 290 g/mol. The number of aromatic nitrogens is 3. The number of carbonyl (C=O) groups is 1. The molecule has 1 aromatic carbocycles. The lowest BCUT2D eigenvalue weighted by atomic mass is 10.4. The Labute approximate surface area is 113 Å². The summed E-state index contributed by atoms with van der Waals surface area (Å²) in [5.74, 6) is -1.18. The number of aromatic carboxylic acids is 1. The highest BCUT2D eigenvalue weighted by molar-refractivity contribution is 7.99. The average molecular weight is 299 g/mol. The van der Waals surface area contributed by atoms with Gasteiger partial charge in [-0.1, -0.05) is 17.0 Å². The van der Waals surface area contributed by atoms with Crippen LogP contribution in [0.4, 0.5) is 0 Å². The van der Waals surface area contributed by atoms with Gasteiger partial charge in [0.25, 0.3) is 0 Å². The molecular formula is C10H9N3O4S2. The molecule has 0 saturated carbocycles. The quantitative estimate of drug-likeness (QED) is 0.867. The van der Waals surface area contributed by atoms with Crippen LogP contribution in [0.1, 0.15) is 10.5 Å². The summed E-state index contributed by atoms with van der Waals surface area (Å²) in [6.07, 6.45) is 1.12. The fourth-order valence-corrected chi connectivity index (χ4v) is 2.75. The Morgan fingerprint density at radius 2 is 1.95 bits per heavy atom. The fourth-order valence-electron chi connectivity index (χ4n) is 1.30. The number of sulfone groups is 1. The van der Waals surface area contributed by atoms with E-state index in [4.69, 9.17) is 5.11 Å². The number of benzene rings is 1. The largest absolute Gasteiger partial charge is 0.476 e.